The SMILES string of the molecule is CC1CC1(O)C(C)(C)C1CCC1. The van der Waals surface area contributed by atoms with E-state index in [0.29, 0.717) is 5.92 Å². The fraction of sp³-hybridized carbons (Fsp3) is 1.00. The van der Waals surface area contributed by atoms with Gasteiger partial charge in [-0.15, -0.1) is 0 Å². The zero-order chi connectivity index (χ0) is 8.98. The highest BCUT2D eigenvalue weighted by molar-refractivity contribution is 5.12. The average molecular weight is 168 g/mol. The maximum atomic E-state index is 10.3. The van der Waals surface area contributed by atoms with Crippen molar-refractivity contribution >= 4 is 0 Å². The molecule has 0 bridgehead atoms. The van der Waals surface area contributed by atoms with Crippen molar-refractivity contribution in [2.45, 2.75) is 52.1 Å². The van der Waals surface area contributed by atoms with Crippen LogP contribution in [0.3, 0.4) is 0 Å². The topological polar surface area (TPSA) is 20.2 Å². The fourth-order valence-corrected chi connectivity index (χ4v) is 2.79. The molecular formula is C11H20O. The minimum atomic E-state index is -0.321. The minimum Gasteiger partial charge on any atom is -0.389 e. The van der Waals surface area contributed by atoms with Gasteiger partial charge in [0.05, 0.1) is 5.60 Å². The number of rotatable bonds is 2. The summed E-state index contributed by atoms with van der Waals surface area (Å²) >= 11 is 0. The average Bonchev–Trinajstić information content (AvgIpc) is 2.36. The summed E-state index contributed by atoms with van der Waals surface area (Å²) in [6.07, 6.45) is 5.07. The van der Waals surface area contributed by atoms with Crippen molar-refractivity contribution in [3.05, 3.63) is 0 Å². The van der Waals surface area contributed by atoms with Gasteiger partial charge in [0.2, 0.25) is 0 Å². The smallest absolute Gasteiger partial charge is 0.0731 e. The van der Waals surface area contributed by atoms with Crippen LogP contribution in [0.25, 0.3) is 0 Å². The summed E-state index contributed by atoms with van der Waals surface area (Å²) in [7, 11) is 0. The first-order valence-corrected chi connectivity index (χ1v) is 5.21. The molecule has 2 saturated carbocycles. The highest BCUT2D eigenvalue weighted by Crippen LogP contribution is 2.61. The van der Waals surface area contributed by atoms with Crippen molar-refractivity contribution in [3.63, 3.8) is 0 Å². The van der Waals surface area contributed by atoms with Crippen molar-refractivity contribution in [2.24, 2.45) is 17.3 Å². The summed E-state index contributed by atoms with van der Waals surface area (Å²) < 4.78 is 0. The van der Waals surface area contributed by atoms with Gasteiger partial charge in [0.25, 0.3) is 0 Å². The minimum absolute atomic E-state index is 0.171. The van der Waals surface area contributed by atoms with E-state index < -0.39 is 0 Å². The maximum Gasteiger partial charge on any atom is 0.0731 e. The van der Waals surface area contributed by atoms with Crippen LogP contribution < -0.4 is 0 Å². The van der Waals surface area contributed by atoms with Crippen LogP contribution in [-0.4, -0.2) is 10.7 Å². The Morgan fingerprint density at radius 2 is 1.83 bits per heavy atom. The molecule has 0 spiro atoms. The molecule has 0 radical (unpaired) electrons. The fourth-order valence-electron chi connectivity index (χ4n) is 2.79. The molecule has 0 aromatic rings. The largest absolute Gasteiger partial charge is 0.389 e. The molecule has 12 heavy (non-hydrogen) atoms. The van der Waals surface area contributed by atoms with Crippen LogP contribution in [0.1, 0.15) is 46.5 Å². The molecule has 0 saturated heterocycles. The van der Waals surface area contributed by atoms with E-state index in [1.807, 2.05) is 0 Å². The van der Waals surface area contributed by atoms with E-state index in [0.717, 1.165) is 12.3 Å². The van der Waals surface area contributed by atoms with Gasteiger partial charge in [-0.25, -0.2) is 0 Å². The Balaban J connectivity index is 2.09. The lowest BCUT2D eigenvalue weighted by atomic mass is 9.63. The molecular weight excluding hydrogens is 148 g/mol. The summed E-state index contributed by atoms with van der Waals surface area (Å²) in [5.74, 6) is 1.32. The lowest BCUT2D eigenvalue weighted by Crippen LogP contribution is -2.42. The molecule has 0 aromatic heterocycles. The molecule has 2 unspecified atom stereocenters. The molecule has 0 aromatic carbocycles. The molecule has 2 aliphatic carbocycles. The van der Waals surface area contributed by atoms with E-state index in [1.165, 1.54) is 19.3 Å². The third-order valence-electron chi connectivity index (χ3n) is 4.51. The Morgan fingerprint density at radius 3 is 2.08 bits per heavy atom. The third kappa shape index (κ3) is 0.891. The van der Waals surface area contributed by atoms with E-state index in [4.69, 9.17) is 0 Å². The van der Waals surface area contributed by atoms with Gasteiger partial charge in [-0.2, -0.15) is 0 Å². The van der Waals surface area contributed by atoms with Crippen LogP contribution in [0.15, 0.2) is 0 Å². The molecule has 0 aliphatic heterocycles. The van der Waals surface area contributed by atoms with Crippen molar-refractivity contribution in [1.29, 1.82) is 0 Å². The van der Waals surface area contributed by atoms with Gasteiger partial charge >= 0.3 is 0 Å². The van der Waals surface area contributed by atoms with Crippen LogP contribution >= 0.6 is 0 Å². The maximum absolute atomic E-state index is 10.3. The first kappa shape index (κ1) is 8.55. The predicted octanol–water partition coefficient (Wildman–Crippen LogP) is 2.58. The van der Waals surface area contributed by atoms with Crippen LogP contribution in [0.4, 0.5) is 0 Å². The molecule has 1 heteroatoms. The standard InChI is InChI=1S/C11H20O/c1-8-7-11(8,12)10(2,3)9-5-4-6-9/h8-9,12H,4-7H2,1-3H3. The summed E-state index contributed by atoms with van der Waals surface area (Å²) in [6.45, 7) is 6.67. The van der Waals surface area contributed by atoms with Crippen LogP contribution in [0.2, 0.25) is 0 Å². The zero-order valence-corrected chi connectivity index (χ0v) is 8.43. The molecule has 2 fully saturated rings. The predicted molar refractivity (Wildman–Crippen MR) is 49.9 cm³/mol. The first-order chi connectivity index (χ1) is 5.48. The lowest BCUT2D eigenvalue weighted by molar-refractivity contribution is -0.0516. The Hall–Kier alpha value is -0.0400. The molecule has 2 rings (SSSR count). The molecule has 1 nitrogen and oxygen atoms in total. The van der Waals surface area contributed by atoms with Gasteiger partial charge in [-0.1, -0.05) is 27.2 Å². The van der Waals surface area contributed by atoms with E-state index >= 15 is 0 Å². The molecule has 2 aliphatic rings. The molecule has 0 amide bonds. The van der Waals surface area contributed by atoms with Crippen molar-refractivity contribution in [2.75, 3.05) is 0 Å². The van der Waals surface area contributed by atoms with Gasteiger partial charge < -0.3 is 5.11 Å². The second kappa shape index (κ2) is 2.25. The van der Waals surface area contributed by atoms with Gasteiger partial charge in [-0.05, 0) is 36.5 Å². The Bertz CT molecular complexity index is 193. The molecule has 70 valence electrons. The molecule has 2 atom stereocenters. The highest BCUT2D eigenvalue weighted by atomic mass is 16.3. The number of hydrogen-bond acceptors (Lipinski definition) is 1. The van der Waals surface area contributed by atoms with Gasteiger partial charge in [0.1, 0.15) is 0 Å². The zero-order valence-electron chi connectivity index (χ0n) is 8.43. The molecule has 0 heterocycles. The Labute approximate surface area is 75.2 Å². The van der Waals surface area contributed by atoms with E-state index in [9.17, 15) is 5.11 Å². The quantitative estimate of drug-likeness (QED) is 0.672. The van der Waals surface area contributed by atoms with Gasteiger partial charge in [-0.3, -0.25) is 0 Å². The van der Waals surface area contributed by atoms with Crippen molar-refractivity contribution < 1.29 is 5.11 Å². The second-order valence-corrected chi connectivity index (χ2v) is 5.38. The van der Waals surface area contributed by atoms with Gasteiger partial charge in [0.15, 0.2) is 0 Å². The summed E-state index contributed by atoms with van der Waals surface area (Å²) in [5, 5.41) is 10.3. The normalized spacial score (nSPS) is 42.5. The first-order valence-electron chi connectivity index (χ1n) is 5.21. The van der Waals surface area contributed by atoms with Crippen molar-refractivity contribution in [3.8, 4) is 0 Å². The Morgan fingerprint density at radius 1 is 1.33 bits per heavy atom. The highest BCUT2D eigenvalue weighted by Gasteiger charge is 2.62. The van der Waals surface area contributed by atoms with E-state index in [-0.39, 0.29) is 11.0 Å². The van der Waals surface area contributed by atoms with Crippen molar-refractivity contribution in [1.82, 2.24) is 0 Å². The summed E-state index contributed by atoms with van der Waals surface area (Å²) in [4.78, 5) is 0. The summed E-state index contributed by atoms with van der Waals surface area (Å²) in [5.41, 5.74) is -0.150. The Kier molecular flexibility index (Phi) is 1.61. The number of hydrogen-bond donors (Lipinski definition) is 1. The van der Waals surface area contributed by atoms with Crippen LogP contribution in [0, 0.1) is 17.3 Å². The number of aliphatic hydroxyl groups is 1. The lowest BCUT2D eigenvalue weighted by Gasteiger charge is -2.44. The summed E-state index contributed by atoms with van der Waals surface area (Å²) in [6, 6.07) is 0. The van der Waals surface area contributed by atoms with E-state index in [1.54, 1.807) is 0 Å². The van der Waals surface area contributed by atoms with Crippen LogP contribution in [-0.2, 0) is 0 Å². The molecule has 1 N–H and O–H groups in total. The van der Waals surface area contributed by atoms with E-state index in [2.05, 4.69) is 20.8 Å². The third-order valence-corrected chi connectivity index (χ3v) is 4.51. The van der Waals surface area contributed by atoms with Gasteiger partial charge in [0, 0.05) is 0 Å². The second-order valence-electron chi connectivity index (χ2n) is 5.38. The monoisotopic (exact) mass is 168 g/mol. The van der Waals surface area contributed by atoms with Crippen LogP contribution in [0.5, 0.6) is 0 Å².